The Morgan fingerprint density at radius 3 is 2.73 bits per heavy atom. The number of halogens is 2. The Hall–Kier alpha value is -1.11. The van der Waals surface area contributed by atoms with Crippen LogP contribution in [0.25, 0.3) is 0 Å². The van der Waals surface area contributed by atoms with Crippen molar-refractivity contribution in [3.8, 4) is 0 Å². The minimum atomic E-state index is -2.63. The number of carbonyl (C=O) groups excluding carboxylic acids is 1. The van der Waals surface area contributed by atoms with Gasteiger partial charge in [-0.25, -0.2) is 8.78 Å². The number of aromatic nitrogens is 2. The van der Waals surface area contributed by atoms with Gasteiger partial charge in [0.15, 0.2) is 5.01 Å². The van der Waals surface area contributed by atoms with E-state index in [1.165, 1.54) is 0 Å². The maximum atomic E-state index is 11.8. The van der Waals surface area contributed by atoms with Gasteiger partial charge in [0, 0.05) is 0 Å². The summed E-state index contributed by atoms with van der Waals surface area (Å²) in [6.07, 6.45) is -2.27. The molecule has 0 aliphatic rings. The summed E-state index contributed by atoms with van der Waals surface area (Å²) in [4.78, 5) is 9.79. The summed E-state index contributed by atoms with van der Waals surface area (Å²) in [6, 6.07) is 0. The van der Waals surface area contributed by atoms with Crippen molar-refractivity contribution >= 4 is 22.9 Å². The number of nitrogens with zero attached hydrogens (tertiary/aromatic N) is 2. The third-order valence-electron chi connectivity index (χ3n) is 0.810. The Morgan fingerprint density at radius 1 is 1.55 bits per heavy atom. The van der Waals surface area contributed by atoms with Gasteiger partial charge >= 0.3 is 0 Å². The molecule has 0 aliphatic heterocycles. The topological polar surface area (TPSA) is 54.9 Å². The maximum absolute atomic E-state index is 11.8. The van der Waals surface area contributed by atoms with Crippen LogP contribution in [-0.4, -0.2) is 16.6 Å². The molecule has 0 spiro atoms. The smallest absolute Gasteiger partial charge is 0.291 e. The molecule has 4 nitrogen and oxygen atoms in total. The van der Waals surface area contributed by atoms with Gasteiger partial charge in [-0.15, -0.1) is 10.2 Å². The number of amides is 1. The van der Waals surface area contributed by atoms with Crippen LogP contribution in [-0.2, 0) is 4.79 Å². The lowest BCUT2D eigenvalue weighted by Crippen LogP contribution is -1.91. The van der Waals surface area contributed by atoms with Gasteiger partial charge in [0.05, 0.1) is 0 Å². The molecule has 0 radical (unpaired) electrons. The van der Waals surface area contributed by atoms with Gasteiger partial charge in [-0.3, -0.25) is 4.79 Å². The van der Waals surface area contributed by atoms with Gasteiger partial charge in [0.2, 0.25) is 11.5 Å². The van der Waals surface area contributed by atoms with Gasteiger partial charge in [-0.05, 0) is 0 Å². The molecule has 0 aromatic carbocycles. The zero-order chi connectivity index (χ0) is 8.27. The van der Waals surface area contributed by atoms with Crippen molar-refractivity contribution in [3.05, 3.63) is 5.01 Å². The monoisotopic (exact) mass is 179 g/mol. The summed E-state index contributed by atoms with van der Waals surface area (Å²) in [5.74, 6) is 0. The first-order valence-corrected chi connectivity index (χ1v) is 3.37. The van der Waals surface area contributed by atoms with Crippen LogP contribution in [0, 0.1) is 0 Å². The summed E-state index contributed by atoms with van der Waals surface area (Å²) < 4.78 is 23.6. The molecule has 1 N–H and O–H groups in total. The minimum absolute atomic E-state index is 0.0790. The number of rotatable bonds is 3. The van der Waals surface area contributed by atoms with Crippen LogP contribution in [0.4, 0.5) is 13.9 Å². The largest absolute Gasteiger partial charge is 0.303 e. The van der Waals surface area contributed by atoms with E-state index in [9.17, 15) is 13.6 Å². The third-order valence-corrected chi connectivity index (χ3v) is 1.67. The van der Waals surface area contributed by atoms with Gasteiger partial charge in [-0.1, -0.05) is 11.3 Å². The van der Waals surface area contributed by atoms with Gasteiger partial charge in [-0.2, -0.15) is 0 Å². The quantitative estimate of drug-likeness (QED) is 0.705. The van der Waals surface area contributed by atoms with Crippen molar-refractivity contribution in [2.24, 2.45) is 0 Å². The molecular weight excluding hydrogens is 176 g/mol. The van der Waals surface area contributed by atoms with Crippen LogP contribution in [0.15, 0.2) is 0 Å². The molecule has 1 aromatic rings. The SMILES string of the molecule is O=CNc1nnc(C(F)F)s1. The van der Waals surface area contributed by atoms with Crippen LogP contribution < -0.4 is 5.32 Å². The fourth-order valence-electron chi connectivity index (χ4n) is 0.431. The predicted octanol–water partition coefficient (Wildman–Crippen LogP) is 1.04. The minimum Gasteiger partial charge on any atom is -0.303 e. The summed E-state index contributed by atoms with van der Waals surface area (Å²) in [7, 11) is 0. The molecule has 0 aliphatic carbocycles. The highest BCUT2D eigenvalue weighted by Crippen LogP contribution is 2.24. The molecule has 1 rings (SSSR count). The molecule has 0 fully saturated rings. The number of alkyl halides is 2. The number of nitrogens with one attached hydrogen (secondary N) is 1. The molecule has 60 valence electrons. The van der Waals surface area contributed by atoms with E-state index in [0.29, 0.717) is 17.7 Å². The van der Waals surface area contributed by atoms with Crippen LogP contribution in [0.1, 0.15) is 11.4 Å². The first-order valence-electron chi connectivity index (χ1n) is 2.55. The normalized spacial score (nSPS) is 10.1. The lowest BCUT2D eigenvalue weighted by Gasteiger charge is -1.86. The van der Waals surface area contributed by atoms with Crippen molar-refractivity contribution in [1.82, 2.24) is 10.2 Å². The van der Waals surface area contributed by atoms with Crippen LogP contribution >= 0.6 is 11.3 Å². The molecule has 0 atom stereocenters. The Kier molecular flexibility index (Phi) is 2.42. The van der Waals surface area contributed by atoms with Crippen LogP contribution in [0.5, 0.6) is 0 Å². The zero-order valence-electron chi connectivity index (χ0n) is 5.12. The highest BCUT2D eigenvalue weighted by atomic mass is 32.1. The lowest BCUT2D eigenvalue weighted by molar-refractivity contribution is -0.105. The Bertz CT molecular complexity index is 251. The summed E-state index contributed by atoms with van der Waals surface area (Å²) in [5, 5.41) is 8.20. The first-order chi connectivity index (χ1) is 5.24. The van der Waals surface area contributed by atoms with E-state index in [1.54, 1.807) is 0 Å². The molecule has 1 aromatic heterocycles. The van der Waals surface area contributed by atoms with E-state index in [2.05, 4.69) is 15.5 Å². The van der Waals surface area contributed by atoms with E-state index < -0.39 is 11.4 Å². The van der Waals surface area contributed by atoms with Crippen LogP contribution in [0.2, 0.25) is 0 Å². The van der Waals surface area contributed by atoms with Gasteiger partial charge in [0.25, 0.3) is 6.43 Å². The van der Waals surface area contributed by atoms with E-state index in [0.717, 1.165) is 0 Å². The standard InChI is InChI=1S/C4H3F2N3OS/c5-2(6)3-8-9-4(11-3)7-1-10/h1-2H,(H,7,9,10). The molecule has 0 bridgehead atoms. The van der Waals surface area contributed by atoms with Crippen molar-refractivity contribution in [2.75, 3.05) is 5.32 Å². The first kappa shape index (κ1) is 7.99. The van der Waals surface area contributed by atoms with Crippen LogP contribution in [0.3, 0.4) is 0 Å². The van der Waals surface area contributed by atoms with E-state index in [1.807, 2.05) is 0 Å². The molecule has 11 heavy (non-hydrogen) atoms. The zero-order valence-corrected chi connectivity index (χ0v) is 5.94. The van der Waals surface area contributed by atoms with Crippen molar-refractivity contribution in [3.63, 3.8) is 0 Å². The number of hydrogen-bond donors (Lipinski definition) is 1. The number of anilines is 1. The highest BCUT2D eigenvalue weighted by molar-refractivity contribution is 7.15. The third kappa shape index (κ3) is 1.90. The fourth-order valence-corrected chi connectivity index (χ4v) is 0.989. The molecule has 7 heteroatoms. The molecule has 0 unspecified atom stereocenters. The summed E-state index contributed by atoms with van der Waals surface area (Å²) in [5.41, 5.74) is 0. The maximum Gasteiger partial charge on any atom is 0.291 e. The fraction of sp³-hybridized carbons (Fsp3) is 0.250. The average Bonchev–Trinajstić information content (AvgIpc) is 2.37. The summed E-state index contributed by atoms with van der Waals surface area (Å²) in [6.45, 7) is 0. The Morgan fingerprint density at radius 2 is 2.27 bits per heavy atom. The number of carbonyl (C=O) groups is 1. The summed E-state index contributed by atoms with van der Waals surface area (Å²) >= 11 is 0.651. The van der Waals surface area contributed by atoms with Crippen molar-refractivity contribution in [1.29, 1.82) is 0 Å². The molecular formula is C4H3F2N3OS. The number of hydrogen-bond acceptors (Lipinski definition) is 4. The molecule has 0 saturated heterocycles. The van der Waals surface area contributed by atoms with E-state index in [4.69, 9.17) is 0 Å². The second-order valence-electron chi connectivity index (χ2n) is 1.51. The highest BCUT2D eigenvalue weighted by Gasteiger charge is 2.12. The lowest BCUT2D eigenvalue weighted by atomic mass is 10.8. The average molecular weight is 179 g/mol. The van der Waals surface area contributed by atoms with E-state index >= 15 is 0 Å². The van der Waals surface area contributed by atoms with Gasteiger partial charge in [0.1, 0.15) is 0 Å². The van der Waals surface area contributed by atoms with Crippen molar-refractivity contribution in [2.45, 2.75) is 6.43 Å². The predicted molar refractivity (Wildman–Crippen MR) is 34.6 cm³/mol. The van der Waals surface area contributed by atoms with Crippen molar-refractivity contribution < 1.29 is 13.6 Å². The Balaban J connectivity index is 2.73. The van der Waals surface area contributed by atoms with Gasteiger partial charge < -0.3 is 5.32 Å². The Labute approximate surface area is 64.3 Å². The second kappa shape index (κ2) is 3.33. The van der Waals surface area contributed by atoms with E-state index in [-0.39, 0.29) is 5.13 Å². The molecule has 1 heterocycles. The second-order valence-corrected chi connectivity index (χ2v) is 2.52. The molecule has 1 amide bonds. The molecule has 0 saturated carbocycles.